The SMILES string of the molecule is I/C=C/c1ccccn1. The van der Waals surface area contributed by atoms with E-state index in [4.69, 9.17) is 0 Å². The van der Waals surface area contributed by atoms with Crippen LogP contribution >= 0.6 is 22.6 Å². The molecule has 0 unspecified atom stereocenters. The summed E-state index contributed by atoms with van der Waals surface area (Å²) >= 11 is 2.17. The van der Waals surface area contributed by atoms with E-state index >= 15 is 0 Å². The van der Waals surface area contributed by atoms with Crippen LogP contribution in [-0.4, -0.2) is 4.98 Å². The Morgan fingerprint density at radius 3 is 2.89 bits per heavy atom. The highest BCUT2D eigenvalue weighted by atomic mass is 127. The van der Waals surface area contributed by atoms with Gasteiger partial charge in [-0.1, -0.05) is 28.7 Å². The van der Waals surface area contributed by atoms with E-state index in [1.807, 2.05) is 28.4 Å². The van der Waals surface area contributed by atoms with Crippen LogP contribution in [0.2, 0.25) is 0 Å². The molecule has 0 atom stereocenters. The number of hydrogen-bond donors (Lipinski definition) is 0. The van der Waals surface area contributed by atoms with Crippen LogP contribution in [0.3, 0.4) is 0 Å². The summed E-state index contributed by atoms with van der Waals surface area (Å²) < 4.78 is 1.94. The van der Waals surface area contributed by atoms with Gasteiger partial charge in [0.05, 0.1) is 5.69 Å². The van der Waals surface area contributed by atoms with Gasteiger partial charge in [0.25, 0.3) is 0 Å². The molecule has 46 valence electrons. The summed E-state index contributed by atoms with van der Waals surface area (Å²) in [6.07, 6.45) is 3.74. The molecule has 1 aromatic rings. The van der Waals surface area contributed by atoms with Gasteiger partial charge < -0.3 is 0 Å². The number of pyridine rings is 1. The van der Waals surface area contributed by atoms with E-state index < -0.39 is 0 Å². The average Bonchev–Trinajstić information content (AvgIpc) is 1.91. The molecule has 0 saturated heterocycles. The highest BCUT2D eigenvalue weighted by Crippen LogP contribution is 1.97. The molecule has 0 aliphatic carbocycles. The van der Waals surface area contributed by atoms with Crippen molar-refractivity contribution in [3.8, 4) is 0 Å². The number of nitrogens with zero attached hydrogens (tertiary/aromatic N) is 1. The zero-order valence-electron chi connectivity index (χ0n) is 4.79. The van der Waals surface area contributed by atoms with Gasteiger partial charge in [0, 0.05) is 6.20 Å². The van der Waals surface area contributed by atoms with E-state index in [9.17, 15) is 0 Å². The molecule has 1 nitrogen and oxygen atoms in total. The lowest BCUT2D eigenvalue weighted by molar-refractivity contribution is 1.30. The summed E-state index contributed by atoms with van der Waals surface area (Å²) in [6, 6.07) is 5.85. The Bertz CT molecular complexity index is 193. The van der Waals surface area contributed by atoms with Gasteiger partial charge in [0.2, 0.25) is 0 Å². The summed E-state index contributed by atoms with van der Waals surface area (Å²) in [5.41, 5.74) is 1.01. The minimum Gasteiger partial charge on any atom is -0.257 e. The number of rotatable bonds is 1. The summed E-state index contributed by atoms with van der Waals surface area (Å²) in [7, 11) is 0. The fourth-order valence-electron chi connectivity index (χ4n) is 0.539. The van der Waals surface area contributed by atoms with Crippen molar-refractivity contribution in [3.05, 3.63) is 34.2 Å². The fourth-order valence-corrected chi connectivity index (χ4v) is 0.908. The molecule has 0 N–H and O–H groups in total. The van der Waals surface area contributed by atoms with Gasteiger partial charge in [-0.05, 0) is 22.3 Å². The Morgan fingerprint density at radius 2 is 2.33 bits per heavy atom. The van der Waals surface area contributed by atoms with Crippen LogP contribution in [0.5, 0.6) is 0 Å². The van der Waals surface area contributed by atoms with Crippen LogP contribution in [0.4, 0.5) is 0 Å². The van der Waals surface area contributed by atoms with Gasteiger partial charge in [0.15, 0.2) is 0 Å². The molecule has 0 aromatic carbocycles. The first kappa shape index (κ1) is 6.74. The predicted octanol–water partition coefficient (Wildman–Crippen LogP) is 2.49. The summed E-state index contributed by atoms with van der Waals surface area (Å²) in [5.74, 6) is 0. The molecule has 0 saturated carbocycles. The minimum absolute atomic E-state index is 1.01. The second-order valence-corrected chi connectivity index (χ2v) is 2.27. The lowest BCUT2D eigenvalue weighted by Gasteiger charge is -1.85. The Kier molecular flexibility index (Phi) is 2.70. The summed E-state index contributed by atoms with van der Waals surface area (Å²) in [4.78, 5) is 4.08. The minimum atomic E-state index is 1.01. The maximum absolute atomic E-state index is 4.08. The van der Waals surface area contributed by atoms with Gasteiger partial charge in [-0.25, -0.2) is 0 Å². The molecule has 0 aliphatic rings. The molecule has 0 aliphatic heterocycles. The largest absolute Gasteiger partial charge is 0.257 e. The van der Waals surface area contributed by atoms with Crippen molar-refractivity contribution in [2.45, 2.75) is 0 Å². The predicted molar refractivity (Wildman–Crippen MR) is 47.3 cm³/mol. The molecule has 0 spiro atoms. The smallest absolute Gasteiger partial charge is 0.0634 e. The third-order valence-corrected chi connectivity index (χ3v) is 1.28. The molecule has 1 rings (SSSR count). The second kappa shape index (κ2) is 3.61. The number of aromatic nitrogens is 1. The van der Waals surface area contributed by atoms with Crippen molar-refractivity contribution >= 4 is 28.7 Å². The highest BCUT2D eigenvalue weighted by molar-refractivity contribution is 14.1. The molecule has 2 heteroatoms. The van der Waals surface area contributed by atoms with Gasteiger partial charge in [-0.15, -0.1) is 0 Å². The Labute approximate surface area is 68.0 Å². The van der Waals surface area contributed by atoms with E-state index in [0.717, 1.165) is 5.69 Å². The van der Waals surface area contributed by atoms with Gasteiger partial charge in [-0.3, -0.25) is 4.98 Å². The fraction of sp³-hybridized carbons (Fsp3) is 0. The number of halogens is 1. The van der Waals surface area contributed by atoms with Crippen molar-refractivity contribution in [1.29, 1.82) is 0 Å². The molecule has 0 radical (unpaired) electrons. The monoisotopic (exact) mass is 231 g/mol. The molecular formula is C7H6IN. The van der Waals surface area contributed by atoms with E-state index in [1.165, 1.54) is 0 Å². The van der Waals surface area contributed by atoms with Crippen molar-refractivity contribution in [1.82, 2.24) is 4.98 Å². The maximum Gasteiger partial charge on any atom is 0.0634 e. The van der Waals surface area contributed by atoms with Crippen molar-refractivity contribution in [2.75, 3.05) is 0 Å². The zero-order chi connectivity index (χ0) is 6.53. The Hall–Kier alpha value is -0.380. The summed E-state index contributed by atoms with van der Waals surface area (Å²) in [6.45, 7) is 0. The topological polar surface area (TPSA) is 12.9 Å². The zero-order valence-corrected chi connectivity index (χ0v) is 6.95. The molecule has 0 fully saturated rings. The highest BCUT2D eigenvalue weighted by Gasteiger charge is 1.79. The van der Waals surface area contributed by atoms with Crippen LogP contribution in [0.1, 0.15) is 5.69 Å². The lowest BCUT2D eigenvalue weighted by Crippen LogP contribution is -1.73. The lowest BCUT2D eigenvalue weighted by atomic mass is 10.4. The third kappa shape index (κ3) is 2.13. The van der Waals surface area contributed by atoms with Crippen molar-refractivity contribution < 1.29 is 0 Å². The second-order valence-electron chi connectivity index (χ2n) is 1.55. The van der Waals surface area contributed by atoms with Crippen molar-refractivity contribution in [3.63, 3.8) is 0 Å². The first-order valence-corrected chi connectivity index (χ1v) is 3.86. The number of hydrogen-bond acceptors (Lipinski definition) is 1. The molecule has 9 heavy (non-hydrogen) atoms. The van der Waals surface area contributed by atoms with Crippen LogP contribution in [0, 0.1) is 0 Å². The van der Waals surface area contributed by atoms with E-state index in [2.05, 4.69) is 27.6 Å². The van der Waals surface area contributed by atoms with Crippen LogP contribution in [-0.2, 0) is 0 Å². The van der Waals surface area contributed by atoms with E-state index in [0.29, 0.717) is 0 Å². The standard InChI is InChI=1S/C7H6IN/c8-5-4-7-3-1-2-6-9-7/h1-6H/b5-4+. The molecule has 0 bridgehead atoms. The van der Waals surface area contributed by atoms with Gasteiger partial charge in [0.1, 0.15) is 0 Å². The Morgan fingerprint density at radius 1 is 1.44 bits per heavy atom. The quantitative estimate of drug-likeness (QED) is 0.676. The molecule has 0 amide bonds. The maximum atomic E-state index is 4.08. The summed E-state index contributed by atoms with van der Waals surface area (Å²) in [5, 5.41) is 0. The van der Waals surface area contributed by atoms with Crippen molar-refractivity contribution in [2.24, 2.45) is 0 Å². The molecule has 1 aromatic heterocycles. The first-order valence-electron chi connectivity index (χ1n) is 2.61. The molecular weight excluding hydrogens is 225 g/mol. The van der Waals surface area contributed by atoms with Gasteiger partial charge in [-0.2, -0.15) is 0 Å². The molecule has 1 heterocycles. The normalized spacial score (nSPS) is 10.3. The van der Waals surface area contributed by atoms with Gasteiger partial charge >= 0.3 is 0 Å². The third-order valence-electron chi connectivity index (χ3n) is 0.922. The first-order chi connectivity index (χ1) is 4.43. The van der Waals surface area contributed by atoms with E-state index in [-0.39, 0.29) is 0 Å². The Balaban J connectivity index is 2.85. The van der Waals surface area contributed by atoms with Crippen LogP contribution < -0.4 is 0 Å². The average molecular weight is 231 g/mol. The van der Waals surface area contributed by atoms with Crippen LogP contribution in [0.25, 0.3) is 6.08 Å². The van der Waals surface area contributed by atoms with Crippen LogP contribution in [0.15, 0.2) is 28.5 Å². The van der Waals surface area contributed by atoms with E-state index in [1.54, 1.807) is 6.20 Å².